The number of nitrogens with zero attached hydrogens (tertiary/aromatic N) is 2. The molecule has 136 valence electrons. The number of aromatic nitrogens is 1. The average molecular weight is 355 g/mol. The summed E-state index contributed by atoms with van der Waals surface area (Å²) >= 11 is 0. The Morgan fingerprint density at radius 2 is 2.08 bits per heavy atom. The number of anilines is 1. The van der Waals surface area contributed by atoms with E-state index < -0.39 is 0 Å². The molecule has 2 fully saturated rings. The van der Waals surface area contributed by atoms with Gasteiger partial charge in [-0.25, -0.2) is 9.37 Å². The van der Waals surface area contributed by atoms with Crippen molar-refractivity contribution in [3.63, 3.8) is 0 Å². The summed E-state index contributed by atoms with van der Waals surface area (Å²) in [4.78, 5) is 19.0. The number of rotatable bonds is 5. The van der Waals surface area contributed by atoms with Gasteiger partial charge in [-0.15, -0.1) is 0 Å². The van der Waals surface area contributed by atoms with E-state index in [1.807, 2.05) is 18.2 Å². The van der Waals surface area contributed by atoms with E-state index in [0.29, 0.717) is 31.7 Å². The first-order valence-corrected chi connectivity index (χ1v) is 9.02. The van der Waals surface area contributed by atoms with Crippen LogP contribution in [0.4, 0.5) is 10.2 Å². The molecule has 2 aromatic rings. The molecule has 1 aromatic carbocycles. The van der Waals surface area contributed by atoms with Crippen LogP contribution < -0.4 is 10.2 Å². The zero-order chi connectivity index (χ0) is 17.9. The number of ether oxygens (including phenoxy) is 1. The molecule has 2 aliphatic rings. The molecule has 1 aromatic heterocycles. The molecular weight excluding hydrogens is 333 g/mol. The van der Waals surface area contributed by atoms with E-state index in [2.05, 4.69) is 15.2 Å². The van der Waals surface area contributed by atoms with E-state index in [-0.39, 0.29) is 23.6 Å². The number of morpholine rings is 1. The Morgan fingerprint density at radius 1 is 1.27 bits per heavy atom. The molecule has 0 radical (unpaired) electrons. The quantitative estimate of drug-likeness (QED) is 0.895. The van der Waals surface area contributed by atoms with Gasteiger partial charge in [0.2, 0.25) is 5.91 Å². The van der Waals surface area contributed by atoms with Gasteiger partial charge in [0.25, 0.3) is 0 Å². The molecule has 4 rings (SSSR count). The number of pyridine rings is 1. The summed E-state index contributed by atoms with van der Waals surface area (Å²) in [6.45, 7) is 3.53. The average Bonchev–Trinajstić information content (AvgIpc) is 3.48. The van der Waals surface area contributed by atoms with Crippen molar-refractivity contribution >= 4 is 11.7 Å². The highest BCUT2D eigenvalue weighted by Gasteiger charge is 2.44. The maximum atomic E-state index is 13.8. The van der Waals surface area contributed by atoms with Gasteiger partial charge < -0.3 is 15.0 Å². The van der Waals surface area contributed by atoms with E-state index in [4.69, 9.17) is 4.74 Å². The summed E-state index contributed by atoms with van der Waals surface area (Å²) in [5.41, 5.74) is 1.66. The van der Waals surface area contributed by atoms with Crippen LogP contribution in [0.1, 0.15) is 23.5 Å². The van der Waals surface area contributed by atoms with E-state index in [0.717, 1.165) is 24.5 Å². The van der Waals surface area contributed by atoms with Crippen LogP contribution >= 0.6 is 0 Å². The molecular formula is C20H22FN3O2. The normalized spacial score (nSPS) is 22.1. The number of hydrogen-bond acceptors (Lipinski definition) is 4. The van der Waals surface area contributed by atoms with Gasteiger partial charge in [0, 0.05) is 31.7 Å². The molecule has 2 unspecified atom stereocenters. The highest BCUT2D eigenvalue weighted by atomic mass is 19.1. The SMILES string of the molecule is O=C(NCc1ccnc(N2CCOCC2)c1)C1CC1c1ccccc1F. The number of carbonyl (C=O) groups excluding carboxylic acids is 1. The first kappa shape index (κ1) is 17.0. The fraction of sp³-hybridized carbons (Fsp3) is 0.400. The van der Waals surface area contributed by atoms with Gasteiger partial charge in [0.15, 0.2) is 0 Å². The second-order valence-corrected chi connectivity index (χ2v) is 6.81. The third-order valence-corrected chi connectivity index (χ3v) is 5.04. The Labute approximate surface area is 152 Å². The molecule has 1 saturated heterocycles. The van der Waals surface area contributed by atoms with Crippen molar-refractivity contribution in [3.8, 4) is 0 Å². The zero-order valence-corrected chi connectivity index (χ0v) is 14.5. The number of hydrogen-bond donors (Lipinski definition) is 1. The maximum Gasteiger partial charge on any atom is 0.224 e. The van der Waals surface area contributed by atoms with Crippen LogP contribution in [-0.2, 0) is 16.1 Å². The highest BCUT2D eigenvalue weighted by molar-refractivity contribution is 5.82. The molecule has 1 aliphatic heterocycles. The zero-order valence-electron chi connectivity index (χ0n) is 14.5. The lowest BCUT2D eigenvalue weighted by atomic mass is 10.1. The Kier molecular flexibility index (Phi) is 4.84. The summed E-state index contributed by atoms with van der Waals surface area (Å²) < 4.78 is 19.2. The molecule has 1 amide bonds. The monoisotopic (exact) mass is 355 g/mol. The van der Waals surface area contributed by atoms with Gasteiger partial charge >= 0.3 is 0 Å². The predicted octanol–water partition coefficient (Wildman–Crippen LogP) is 2.48. The van der Waals surface area contributed by atoms with Gasteiger partial charge in [-0.1, -0.05) is 18.2 Å². The van der Waals surface area contributed by atoms with Crippen molar-refractivity contribution in [3.05, 3.63) is 59.5 Å². The third-order valence-electron chi connectivity index (χ3n) is 5.04. The fourth-order valence-corrected chi connectivity index (χ4v) is 3.46. The van der Waals surface area contributed by atoms with Crippen LogP contribution in [0.2, 0.25) is 0 Å². The van der Waals surface area contributed by atoms with Gasteiger partial charge in [-0.05, 0) is 41.7 Å². The number of halogens is 1. The molecule has 6 heteroatoms. The number of benzene rings is 1. The van der Waals surface area contributed by atoms with Crippen LogP contribution in [0.3, 0.4) is 0 Å². The van der Waals surface area contributed by atoms with Crippen LogP contribution in [0, 0.1) is 11.7 Å². The fourth-order valence-electron chi connectivity index (χ4n) is 3.46. The second kappa shape index (κ2) is 7.41. The maximum absolute atomic E-state index is 13.8. The first-order valence-electron chi connectivity index (χ1n) is 9.02. The summed E-state index contributed by atoms with van der Waals surface area (Å²) in [6, 6.07) is 10.6. The molecule has 1 aliphatic carbocycles. The molecule has 1 N–H and O–H groups in total. The third kappa shape index (κ3) is 3.70. The number of carbonyl (C=O) groups is 1. The Morgan fingerprint density at radius 3 is 2.88 bits per heavy atom. The van der Waals surface area contributed by atoms with Gasteiger partial charge in [-0.2, -0.15) is 0 Å². The molecule has 5 nitrogen and oxygen atoms in total. The van der Waals surface area contributed by atoms with Crippen LogP contribution in [0.15, 0.2) is 42.6 Å². The van der Waals surface area contributed by atoms with E-state index in [1.54, 1.807) is 18.3 Å². The van der Waals surface area contributed by atoms with Crippen LogP contribution in [0.25, 0.3) is 0 Å². The Hall–Kier alpha value is -2.47. The minimum atomic E-state index is -0.225. The summed E-state index contributed by atoms with van der Waals surface area (Å²) in [6.07, 6.45) is 2.48. The lowest BCUT2D eigenvalue weighted by Crippen LogP contribution is -2.36. The smallest absolute Gasteiger partial charge is 0.224 e. The number of amides is 1. The summed E-state index contributed by atoms with van der Waals surface area (Å²) in [5.74, 6) is 0.542. The van der Waals surface area contributed by atoms with Crippen molar-refractivity contribution < 1.29 is 13.9 Å². The first-order chi connectivity index (χ1) is 12.7. The molecule has 1 saturated carbocycles. The topological polar surface area (TPSA) is 54.5 Å². The lowest BCUT2D eigenvalue weighted by Gasteiger charge is -2.28. The molecule has 0 spiro atoms. The lowest BCUT2D eigenvalue weighted by molar-refractivity contribution is -0.122. The van der Waals surface area contributed by atoms with E-state index in [1.165, 1.54) is 6.07 Å². The van der Waals surface area contributed by atoms with Gasteiger partial charge in [-0.3, -0.25) is 4.79 Å². The van der Waals surface area contributed by atoms with Crippen LogP contribution in [-0.4, -0.2) is 37.2 Å². The van der Waals surface area contributed by atoms with Gasteiger partial charge in [0.05, 0.1) is 13.2 Å². The molecule has 2 atom stereocenters. The summed E-state index contributed by atoms with van der Waals surface area (Å²) in [7, 11) is 0. The number of nitrogens with one attached hydrogen (secondary N) is 1. The minimum absolute atomic E-state index is 0.00227. The standard InChI is InChI=1S/C20H22FN3O2/c21-18-4-2-1-3-15(18)16-12-17(16)20(25)23-13-14-5-6-22-19(11-14)24-7-9-26-10-8-24/h1-6,11,16-17H,7-10,12-13H2,(H,23,25). The van der Waals surface area contributed by atoms with Crippen molar-refractivity contribution in [1.29, 1.82) is 0 Å². The van der Waals surface area contributed by atoms with E-state index in [9.17, 15) is 9.18 Å². The molecule has 0 bridgehead atoms. The minimum Gasteiger partial charge on any atom is -0.378 e. The van der Waals surface area contributed by atoms with Crippen molar-refractivity contribution in [2.45, 2.75) is 18.9 Å². The van der Waals surface area contributed by atoms with Gasteiger partial charge in [0.1, 0.15) is 11.6 Å². The van der Waals surface area contributed by atoms with Crippen LogP contribution in [0.5, 0.6) is 0 Å². The molecule has 2 heterocycles. The van der Waals surface area contributed by atoms with Crippen molar-refractivity contribution in [2.24, 2.45) is 5.92 Å². The summed E-state index contributed by atoms with van der Waals surface area (Å²) in [5, 5.41) is 2.98. The van der Waals surface area contributed by atoms with Crippen molar-refractivity contribution in [2.75, 3.05) is 31.2 Å². The Balaban J connectivity index is 1.33. The second-order valence-electron chi connectivity index (χ2n) is 6.81. The predicted molar refractivity (Wildman–Crippen MR) is 96.4 cm³/mol. The van der Waals surface area contributed by atoms with E-state index >= 15 is 0 Å². The Bertz CT molecular complexity index is 792. The highest BCUT2D eigenvalue weighted by Crippen LogP contribution is 2.48. The van der Waals surface area contributed by atoms with Crippen molar-refractivity contribution in [1.82, 2.24) is 10.3 Å². The largest absolute Gasteiger partial charge is 0.378 e. The molecule has 26 heavy (non-hydrogen) atoms.